The van der Waals surface area contributed by atoms with Gasteiger partial charge in [-0.3, -0.25) is 9.59 Å². The summed E-state index contributed by atoms with van der Waals surface area (Å²) in [5.74, 6) is -3.29. The van der Waals surface area contributed by atoms with Gasteiger partial charge in [0.05, 0.1) is 11.5 Å². The van der Waals surface area contributed by atoms with Gasteiger partial charge < -0.3 is 21.1 Å². The van der Waals surface area contributed by atoms with E-state index in [1.807, 2.05) is 26.0 Å². The first-order valence-electron chi connectivity index (χ1n) is 13.7. The van der Waals surface area contributed by atoms with Gasteiger partial charge in [0.1, 0.15) is 11.6 Å². The Hall–Kier alpha value is -3.36. The number of hydrogen-bond donors (Lipinski definition) is 3. The summed E-state index contributed by atoms with van der Waals surface area (Å²) in [6.45, 7) is 8.19. The topological polar surface area (TPSA) is 95.7 Å². The zero-order valence-electron chi connectivity index (χ0n) is 24.0. The number of nitrogens with one attached hydrogen (secondary N) is 1. The van der Waals surface area contributed by atoms with E-state index < -0.39 is 35.0 Å². The minimum Gasteiger partial charge on any atom is -0.391 e. The molecule has 2 aromatic rings. The Morgan fingerprint density at radius 2 is 1.75 bits per heavy atom. The van der Waals surface area contributed by atoms with Crippen molar-refractivity contribution in [1.82, 2.24) is 10.2 Å². The van der Waals surface area contributed by atoms with Crippen molar-refractivity contribution in [2.45, 2.75) is 65.6 Å². The van der Waals surface area contributed by atoms with Crippen LogP contribution in [0.25, 0.3) is 0 Å². The molecular weight excluding hydrogens is 512 g/mol. The van der Waals surface area contributed by atoms with E-state index in [4.69, 9.17) is 5.73 Å². The molecular formula is C32H41F2N3O3. The predicted octanol–water partition coefficient (Wildman–Crippen LogP) is 4.45. The SMILES string of the molecule is CCc1cccc(CNC[C@H](O)[C@@H](Cc2cc(F)cc(F)c2)C2(C(=O)N(C)C(C)C)C=C(C)C=C(C(N)=O)C2)c1. The summed E-state index contributed by atoms with van der Waals surface area (Å²) in [5.41, 5.74) is 7.77. The third kappa shape index (κ3) is 7.43. The van der Waals surface area contributed by atoms with E-state index in [2.05, 4.69) is 24.4 Å². The summed E-state index contributed by atoms with van der Waals surface area (Å²) in [4.78, 5) is 28.2. The number of aryl methyl sites for hydroxylation is 1. The van der Waals surface area contributed by atoms with E-state index in [0.29, 0.717) is 17.7 Å². The molecule has 8 heteroatoms. The van der Waals surface area contributed by atoms with Crippen LogP contribution in [-0.4, -0.2) is 47.6 Å². The van der Waals surface area contributed by atoms with Crippen LogP contribution in [-0.2, 0) is 29.0 Å². The predicted molar refractivity (Wildman–Crippen MR) is 153 cm³/mol. The van der Waals surface area contributed by atoms with E-state index in [9.17, 15) is 23.5 Å². The van der Waals surface area contributed by atoms with Gasteiger partial charge in [0, 0.05) is 43.7 Å². The lowest BCUT2D eigenvalue weighted by atomic mass is 9.63. The number of aliphatic hydroxyl groups excluding tert-OH is 1. The average molecular weight is 554 g/mol. The van der Waals surface area contributed by atoms with Gasteiger partial charge >= 0.3 is 0 Å². The van der Waals surface area contributed by atoms with Gasteiger partial charge in [0.15, 0.2) is 0 Å². The molecule has 0 heterocycles. The standard InChI is InChI=1S/C32H41F2N3O3/c1-6-22-8-7-9-23(11-22)18-36-19-29(38)28(14-24-12-26(33)15-27(34)13-24)32(31(40)37(5)20(2)3)16-21(4)10-25(17-32)30(35)39/h7-13,15-16,20,28-29,36,38H,6,14,17-19H2,1-5H3,(H2,35,39)/t28-,29+,32?/m1/s1. The minimum atomic E-state index is -1.38. The van der Waals surface area contributed by atoms with Gasteiger partial charge in [0.2, 0.25) is 11.8 Å². The summed E-state index contributed by atoms with van der Waals surface area (Å²) >= 11 is 0. The van der Waals surface area contributed by atoms with Crippen molar-refractivity contribution in [1.29, 1.82) is 0 Å². The van der Waals surface area contributed by atoms with Gasteiger partial charge in [-0.2, -0.15) is 0 Å². The van der Waals surface area contributed by atoms with E-state index in [0.717, 1.165) is 18.1 Å². The van der Waals surface area contributed by atoms with Gasteiger partial charge in [0.25, 0.3) is 0 Å². The second-order valence-corrected chi connectivity index (χ2v) is 11.1. The zero-order chi connectivity index (χ0) is 29.6. The Balaban J connectivity index is 2.05. The monoisotopic (exact) mass is 553 g/mol. The molecule has 4 N–H and O–H groups in total. The highest BCUT2D eigenvalue weighted by atomic mass is 19.1. The average Bonchev–Trinajstić information content (AvgIpc) is 2.89. The number of amides is 2. The molecule has 2 aromatic carbocycles. The maximum absolute atomic E-state index is 14.2. The van der Waals surface area contributed by atoms with Crippen LogP contribution in [0.1, 0.15) is 50.8 Å². The number of carbonyl (C=O) groups excluding carboxylic acids is 2. The quantitative estimate of drug-likeness (QED) is 0.362. The van der Waals surface area contributed by atoms with Crippen LogP contribution in [0, 0.1) is 23.0 Å². The molecule has 0 aromatic heterocycles. The molecule has 0 spiro atoms. The summed E-state index contributed by atoms with van der Waals surface area (Å²) in [6.07, 6.45) is 3.17. The first-order valence-corrected chi connectivity index (χ1v) is 13.7. The summed E-state index contributed by atoms with van der Waals surface area (Å²) in [6, 6.07) is 11.1. The molecule has 0 radical (unpaired) electrons. The molecule has 1 unspecified atom stereocenters. The van der Waals surface area contributed by atoms with Crippen molar-refractivity contribution in [3.63, 3.8) is 0 Å². The maximum atomic E-state index is 14.2. The van der Waals surface area contributed by atoms with Crippen molar-refractivity contribution >= 4 is 11.8 Å². The molecule has 6 nitrogen and oxygen atoms in total. The fourth-order valence-electron chi connectivity index (χ4n) is 5.51. The molecule has 0 aliphatic heterocycles. The summed E-state index contributed by atoms with van der Waals surface area (Å²) in [5, 5.41) is 15.0. The molecule has 1 aliphatic carbocycles. The fourth-order valence-corrected chi connectivity index (χ4v) is 5.51. The summed E-state index contributed by atoms with van der Waals surface area (Å²) in [7, 11) is 1.67. The molecule has 0 fully saturated rings. The second-order valence-electron chi connectivity index (χ2n) is 11.1. The van der Waals surface area contributed by atoms with Crippen LogP contribution >= 0.6 is 0 Å². The van der Waals surface area contributed by atoms with Crippen LogP contribution < -0.4 is 11.1 Å². The largest absolute Gasteiger partial charge is 0.391 e. The molecule has 40 heavy (non-hydrogen) atoms. The Morgan fingerprint density at radius 1 is 1.10 bits per heavy atom. The Kier molecular flexibility index (Phi) is 10.4. The Morgan fingerprint density at radius 3 is 2.35 bits per heavy atom. The number of rotatable bonds is 12. The molecule has 2 amide bonds. The van der Waals surface area contributed by atoms with Gasteiger partial charge in [-0.1, -0.05) is 48.9 Å². The van der Waals surface area contributed by atoms with E-state index >= 15 is 0 Å². The number of allylic oxidation sites excluding steroid dienone is 2. The van der Waals surface area contributed by atoms with Crippen LogP contribution in [0.15, 0.2) is 65.8 Å². The zero-order valence-corrected chi connectivity index (χ0v) is 24.0. The third-order valence-electron chi connectivity index (χ3n) is 7.77. The number of aliphatic hydroxyl groups is 1. The van der Waals surface area contributed by atoms with Gasteiger partial charge in [-0.15, -0.1) is 0 Å². The van der Waals surface area contributed by atoms with E-state index in [1.165, 1.54) is 17.7 Å². The number of benzene rings is 2. The molecule has 3 rings (SSSR count). The second kappa shape index (κ2) is 13.3. The van der Waals surface area contributed by atoms with Crippen molar-refractivity contribution < 1.29 is 23.5 Å². The molecule has 3 atom stereocenters. The molecule has 0 saturated heterocycles. The van der Waals surface area contributed by atoms with Crippen LogP contribution in [0.4, 0.5) is 8.78 Å². The smallest absolute Gasteiger partial charge is 0.244 e. The molecule has 0 bridgehead atoms. The van der Waals surface area contributed by atoms with Crippen LogP contribution in [0.5, 0.6) is 0 Å². The van der Waals surface area contributed by atoms with Crippen molar-refractivity contribution in [2.24, 2.45) is 17.1 Å². The van der Waals surface area contributed by atoms with E-state index in [1.54, 1.807) is 31.0 Å². The minimum absolute atomic E-state index is 0.00363. The molecule has 1 aliphatic rings. The lowest BCUT2D eigenvalue weighted by Crippen LogP contribution is -2.54. The number of hydrogen-bond acceptors (Lipinski definition) is 4. The Bertz CT molecular complexity index is 1270. The first-order chi connectivity index (χ1) is 18.9. The van der Waals surface area contributed by atoms with Crippen molar-refractivity contribution in [2.75, 3.05) is 13.6 Å². The highest BCUT2D eigenvalue weighted by molar-refractivity contribution is 5.96. The van der Waals surface area contributed by atoms with Crippen molar-refractivity contribution in [3.8, 4) is 0 Å². The number of nitrogens with two attached hydrogens (primary N) is 1. The number of halogens is 2. The third-order valence-corrected chi connectivity index (χ3v) is 7.77. The number of nitrogens with zero attached hydrogens (tertiary/aromatic N) is 1. The highest BCUT2D eigenvalue weighted by Crippen LogP contribution is 2.45. The van der Waals surface area contributed by atoms with Gasteiger partial charge in [-0.05, 0) is 68.9 Å². The van der Waals surface area contributed by atoms with Gasteiger partial charge in [-0.25, -0.2) is 8.78 Å². The van der Waals surface area contributed by atoms with Crippen LogP contribution in [0.3, 0.4) is 0 Å². The fraction of sp³-hybridized carbons (Fsp3) is 0.438. The van der Waals surface area contributed by atoms with Crippen LogP contribution in [0.2, 0.25) is 0 Å². The van der Waals surface area contributed by atoms with Crippen molar-refractivity contribution in [3.05, 3.63) is 94.1 Å². The maximum Gasteiger partial charge on any atom is 0.244 e. The Labute approximate surface area is 236 Å². The lowest BCUT2D eigenvalue weighted by Gasteiger charge is -2.45. The molecule has 0 saturated carbocycles. The number of carbonyl (C=O) groups is 2. The molecule has 216 valence electrons. The lowest BCUT2D eigenvalue weighted by molar-refractivity contribution is -0.145. The highest BCUT2D eigenvalue weighted by Gasteiger charge is 2.50. The van der Waals surface area contributed by atoms with E-state index in [-0.39, 0.29) is 36.9 Å². The normalized spacial score (nSPS) is 18.6. The number of primary amides is 1. The summed E-state index contributed by atoms with van der Waals surface area (Å²) < 4.78 is 28.4. The first kappa shape index (κ1) is 31.2.